The number of aliphatic hydroxyl groups is 1. The van der Waals surface area contributed by atoms with Crippen LogP contribution in [0.3, 0.4) is 0 Å². The van der Waals surface area contributed by atoms with Crippen molar-refractivity contribution >= 4 is 15.9 Å². The topological polar surface area (TPSA) is 23.5 Å². The molecule has 0 bridgehead atoms. The third-order valence-corrected chi connectivity index (χ3v) is 2.87. The molecule has 1 aromatic carbocycles. The van der Waals surface area contributed by atoms with Crippen molar-refractivity contribution in [1.29, 1.82) is 0 Å². The Morgan fingerprint density at radius 2 is 2.07 bits per heavy atom. The first-order valence-electron chi connectivity index (χ1n) is 4.66. The molecule has 3 heteroatoms. The molecule has 2 nitrogen and oxygen atoms in total. The average molecular weight is 258 g/mol. The van der Waals surface area contributed by atoms with E-state index in [-0.39, 0.29) is 6.61 Å². The van der Waals surface area contributed by atoms with Gasteiger partial charge in [0.05, 0.1) is 6.61 Å². The Labute approximate surface area is 93.7 Å². The molecule has 0 saturated heterocycles. The SMILES string of the molecule is CN(C)CCc1ccc(CO)cc1Br. The number of aliphatic hydroxyl groups excluding tert-OH is 1. The van der Waals surface area contributed by atoms with Gasteiger partial charge in [0.1, 0.15) is 0 Å². The van der Waals surface area contributed by atoms with Crippen LogP contribution in [0.2, 0.25) is 0 Å². The number of likely N-dealkylation sites (N-methyl/N-ethyl adjacent to an activating group) is 1. The highest BCUT2D eigenvalue weighted by molar-refractivity contribution is 9.10. The van der Waals surface area contributed by atoms with Gasteiger partial charge in [0.25, 0.3) is 0 Å². The predicted molar refractivity (Wildman–Crippen MR) is 62.3 cm³/mol. The van der Waals surface area contributed by atoms with E-state index in [1.165, 1.54) is 5.56 Å². The molecule has 1 rings (SSSR count). The molecule has 0 radical (unpaired) electrons. The lowest BCUT2D eigenvalue weighted by molar-refractivity contribution is 0.281. The van der Waals surface area contributed by atoms with Crippen LogP contribution in [-0.2, 0) is 13.0 Å². The summed E-state index contributed by atoms with van der Waals surface area (Å²) < 4.78 is 1.09. The van der Waals surface area contributed by atoms with Crippen LogP contribution in [-0.4, -0.2) is 30.6 Å². The highest BCUT2D eigenvalue weighted by atomic mass is 79.9. The van der Waals surface area contributed by atoms with Gasteiger partial charge in [-0.2, -0.15) is 0 Å². The van der Waals surface area contributed by atoms with Gasteiger partial charge in [-0.1, -0.05) is 28.1 Å². The molecule has 0 atom stereocenters. The molecule has 0 amide bonds. The van der Waals surface area contributed by atoms with E-state index < -0.39 is 0 Å². The van der Waals surface area contributed by atoms with Gasteiger partial charge in [0, 0.05) is 11.0 Å². The maximum atomic E-state index is 8.94. The molecule has 0 spiro atoms. The Morgan fingerprint density at radius 3 is 2.57 bits per heavy atom. The monoisotopic (exact) mass is 257 g/mol. The largest absolute Gasteiger partial charge is 0.392 e. The van der Waals surface area contributed by atoms with Crippen LogP contribution in [0.1, 0.15) is 11.1 Å². The van der Waals surface area contributed by atoms with E-state index in [9.17, 15) is 0 Å². The Kier molecular flexibility index (Phi) is 4.58. The quantitative estimate of drug-likeness (QED) is 0.893. The zero-order valence-electron chi connectivity index (χ0n) is 8.63. The van der Waals surface area contributed by atoms with Gasteiger partial charge in [-0.15, -0.1) is 0 Å². The van der Waals surface area contributed by atoms with Crippen LogP contribution in [0.15, 0.2) is 22.7 Å². The van der Waals surface area contributed by atoms with Crippen molar-refractivity contribution in [2.24, 2.45) is 0 Å². The summed E-state index contributed by atoms with van der Waals surface area (Å²) in [6.07, 6.45) is 1.03. The summed E-state index contributed by atoms with van der Waals surface area (Å²) in [5.74, 6) is 0. The second-order valence-electron chi connectivity index (χ2n) is 3.64. The minimum absolute atomic E-state index is 0.104. The molecule has 0 aliphatic heterocycles. The lowest BCUT2D eigenvalue weighted by Crippen LogP contribution is -2.15. The summed E-state index contributed by atoms with van der Waals surface area (Å²) in [6, 6.07) is 6.01. The molecule has 1 aromatic rings. The highest BCUT2D eigenvalue weighted by Crippen LogP contribution is 2.19. The fourth-order valence-electron chi connectivity index (χ4n) is 1.24. The Balaban J connectivity index is 2.69. The van der Waals surface area contributed by atoms with Gasteiger partial charge in [-0.25, -0.2) is 0 Å². The Hall–Kier alpha value is -0.380. The molecule has 1 N–H and O–H groups in total. The van der Waals surface area contributed by atoms with Gasteiger partial charge < -0.3 is 10.0 Å². The van der Waals surface area contributed by atoms with Crippen LogP contribution in [0, 0.1) is 0 Å². The van der Waals surface area contributed by atoms with Gasteiger partial charge in [-0.3, -0.25) is 0 Å². The predicted octanol–water partition coefficient (Wildman–Crippen LogP) is 2.05. The third kappa shape index (κ3) is 3.40. The van der Waals surface area contributed by atoms with E-state index in [1.807, 2.05) is 12.1 Å². The summed E-state index contributed by atoms with van der Waals surface area (Å²) in [5.41, 5.74) is 2.24. The first-order chi connectivity index (χ1) is 6.63. The molecule has 0 aromatic heterocycles. The summed E-state index contributed by atoms with van der Waals surface area (Å²) >= 11 is 3.51. The third-order valence-electron chi connectivity index (χ3n) is 2.13. The maximum absolute atomic E-state index is 8.94. The van der Waals surface area contributed by atoms with Crippen molar-refractivity contribution in [3.63, 3.8) is 0 Å². The molecular weight excluding hydrogens is 242 g/mol. The van der Waals surface area contributed by atoms with Gasteiger partial charge in [0.2, 0.25) is 0 Å². The van der Waals surface area contributed by atoms with Crippen LogP contribution in [0.5, 0.6) is 0 Å². The van der Waals surface area contributed by atoms with Crippen molar-refractivity contribution in [2.75, 3.05) is 20.6 Å². The second kappa shape index (κ2) is 5.49. The first kappa shape index (κ1) is 11.7. The van der Waals surface area contributed by atoms with Crippen molar-refractivity contribution in [3.05, 3.63) is 33.8 Å². The van der Waals surface area contributed by atoms with Crippen LogP contribution >= 0.6 is 15.9 Å². The fourth-order valence-corrected chi connectivity index (χ4v) is 1.86. The second-order valence-corrected chi connectivity index (χ2v) is 4.49. The van der Waals surface area contributed by atoms with Crippen LogP contribution < -0.4 is 0 Å². The summed E-state index contributed by atoms with van der Waals surface area (Å²) in [6.45, 7) is 1.14. The van der Waals surface area contributed by atoms with Gasteiger partial charge in [0.15, 0.2) is 0 Å². The summed E-state index contributed by atoms with van der Waals surface area (Å²) in [5, 5.41) is 8.94. The number of nitrogens with zero attached hydrogens (tertiary/aromatic N) is 1. The van der Waals surface area contributed by atoms with E-state index in [1.54, 1.807) is 0 Å². The molecule has 0 heterocycles. The first-order valence-corrected chi connectivity index (χ1v) is 5.45. The van der Waals surface area contributed by atoms with Gasteiger partial charge >= 0.3 is 0 Å². The molecule has 0 fully saturated rings. The number of hydrogen-bond donors (Lipinski definition) is 1. The van der Waals surface area contributed by atoms with E-state index in [4.69, 9.17) is 5.11 Å². The minimum Gasteiger partial charge on any atom is -0.392 e. The Bertz CT molecular complexity index is 299. The van der Waals surface area contributed by atoms with Crippen molar-refractivity contribution in [3.8, 4) is 0 Å². The number of rotatable bonds is 4. The summed E-state index contributed by atoms with van der Waals surface area (Å²) in [4.78, 5) is 2.16. The standard InChI is InChI=1S/C11H16BrNO/c1-13(2)6-5-10-4-3-9(8-14)7-11(10)12/h3-4,7,14H,5-6,8H2,1-2H3. The van der Waals surface area contributed by atoms with E-state index in [2.05, 4.69) is 41.0 Å². The zero-order chi connectivity index (χ0) is 10.6. The zero-order valence-corrected chi connectivity index (χ0v) is 10.2. The van der Waals surface area contributed by atoms with E-state index >= 15 is 0 Å². The van der Waals surface area contributed by atoms with Crippen molar-refractivity contribution in [2.45, 2.75) is 13.0 Å². The fraction of sp³-hybridized carbons (Fsp3) is 0.455. The molecule has 78 valence electrons. The normalized spacial score (nSPS) is 10.9. The molecule has 0 aliphatic rings. The lowest BCUT2D eigenvalue weighted by Gasteiger charge is -2.11. The van der Waals surface area contributed by atoms with E-state index in [0.717, 1.165) is 23.0 Å². The molecule has 0 aliphatic carbocycles. The van der Waals surface area contributed by atoms with Crippen LogP contribution in [0.4, 0.5) is 0 Å². The molecule has 14 heavy (non-hydrogen) atoms. The smallest absolute Gasteiger partial charge is 0.0682 e. The lowest BCUT2D eigenvalue weighted by atomic mass is 10.1. The minimum atomic E-state index is 0.104. The summed E-state index contributed by atoms with van der Waals surface area (Å²) in [7, 11) is 4.13. The van der Waals surface area contributed by atoms with Crippen molar-refractivity contribution in [1.82, 2.24) is 4.90 Å². The van der Waals surface area contributed by atoms with Crippen LogP contribution in [0.25, 0.3) is 0 Å². The molecule has 0 saturated carbocycles. The van der Waals surface area contributed by atoms with E-state index in [0.29, 0.717) is 0 Å². The average Bonchev–Trinajstić information content (AvgIpc) is 2.15. The number of hydrogen-bond acceptors (Lipinski definition) is 2. The number of halogens is 1. The highest BCUT2D eigenvalue weighted by Gasteiger charge is 2.01. The number of benzene rings is 1. The maximum Gasteiger partial charge on any atom is 0.0682 e. The Morgan fingerprint density at radius 1 is 1.36 bits per heavy atom. The molecular formula is C11H16BrNO. The van der Waals surface area contributed by atoms with Gasteiger partial charge in [-0.05, 0) is 37.7 Å². The molecule has 0 unspecified atom stereocenters. The van der Waals surface area contributed by atoms with Crippen molar-refractivity contribution < 1.29 is 5.11 Å².